The van der Waals surface area contributed by atoms with Crippen molar-refractivity contribution in [3.63, 3.8) is 0 Å². The van der Waals surface area contributed by atoms with E-state index >= 15 is 0 Å². The molecule has 4 heteroatoms. The van der Waals surface area contributed by atoms with Crippen molar-refractivity contribution in [3.8, 4) is 5.75 Å². The maximum Gasteiger partial charge on any atom is 0.257 e. The summed E-state index contributed by atoms with van der Waals surface area (Å²) in [6, 6.07) is 9.43. The van der Waals surface area contributed by atoms with Gasteiger partial charge < -0.3 is 15.0 Å². The van der Waals surface area contributed by atoms with Crippen LogP contribution in [0.4, 0.5) is 0 Å². The normalized spacial score (nSPS) is 15.5. The average molecular weight is 304 g/mol. The molecule has 122 valence electrons. The lowest BCUT2D eigenvalue weighted by Gasteiger charge is -2.26. The molecule has 0 saturated carbocycles. The van der Waals surface area contributed by atoms with E-state index in [2.05, 4.69) is 10.2 Å². The molecule has 1 fully saturated rings. The number of amides is 1. The van der Waals surface area contributed by atoms with E-state index in [-0.39, 0.29) is 12.5 Å². The standard InChI is InChI=1S/C18H28N2O2/c21-18(16-22-17-10-4-1-5-11-17)19-12-6-2-7-13-20-14-8-3-9-15-20/h1,4-5,10-11H,2-3,6-9,12-16H2,(H,19,21). The Kier molecular flexibility index (Phi) is 7.81. The van der Waals surface area contributed by atoms with Gasteiger partial charge in [0.2, 0.25) is 0 Å². The van der Waals surface area contributed by atoms with Crippen LogP contribution >= 0.6 is 0 Å². The summed E-state index contributed by atoms with van der Waals surface area (Å²) < 4.78 is 5.41. The second-order valence-corrected chi connectivity index (χ2v) is 5.91. The van der Waals surface area contributed by atoms with Crippen molar-refractivity contribution in [1.82, 2.24) is 10.2 Å². The third-order valence-electron chi connectivity index (χ3n) is 4.04. The first kappa shape index (κ1) is 16.8. The molecule has 0 spiro atoms. The molecule has 1 N–H and O–H groups in total. The molecule has 0 unspecified atom stereocenters. The summed E-state index contributed by atoms with van der Waals surface area (Å²) in [5, 5.41) is 2.91. The fraction of sp³-hybridized carbons (Fsp3) is 0.611. The fourth-order valence-corrected chi connectivity index (χ4v) is 2.76. The number of nitrogens with one attached hydrogen (secondary N) is 1. The number of rotatable bonds is 9. The lowest BCUT2D eigenvalue weighted by atomic mass is 10.1. The molecule has 1 aliphatic rings. The van der Waals surface area contributed by atoms with Crippen LogP contribution in [0, 0.1) is 0 Å². The van der Waals surface area contributed by atoms with Gasteiger partial charge in [0, 0.05) is 6.54 Å². The number of ether oxygens (including phenoxy) is 1. The SMILES string of the molecule is O=C(COc1ccccc1)NCCCCCN1CCCCC1. The van der Waals surface area contributed by atoms with Crippen LogP contribution in [-0.4, -0.2) is 43.6 Å². The van der Waals surface area contributed by atoms with Gasteiger partial charge in [-0.3, -0.25) is 4.79 Å². The van der Waals surface area contributed by atoms with Crippen molar-refractivity contribution >= 4 is 5.91 Å². The lowest BCUT2D eigenvalue weighted by molar-refractivity contribution is -0.123. The molecule has 2 rings (SSSR count). The Morgan fingerprint density at radius 3 is 2.59 bits per heavy atom. The summed E-state index contributed by atoms with van der Waals surface area (Å²) in [4.78, 5) is 14.2. The van der Waals surface area contributed by atoms with Crippen LogP contribution in [-0.2, 0) is 4.79 Å². The Morgan fingerprint density at radius 1 is 1.05 bits per heavy atom. The summed E-state index contributed by atoms with van der Waals surface area (Å²) >= 11 is 0. The first-order valence-corrected chi connectivity index (χ1v) is 8.51. The van der Waals surface area contributed by atoms with Gasteiger partial charge in [0.15, 0.2) is 6.61 Å². The minimum Gasteiger partial charge on any atom is -0.484 e. The predicted molar refractivity (Wildman–Crippen MR) is 89.1 cm³/mol. The number of piperidine rings is 1. The lowest BCUT2D eigenvalue weighted by Crippen LogP contribution is -2.31. The van der Waals surface area contributed by atoms with Gasteiger partial charge in [0.25, 0.3) is 5.91 Å². The molecule has 1 aromatic rings. The zero-order chi connectivity index (χ0) is 15.5. The minimum absolute atomic E-state index is 0.0418. The number of benzene rings is 1. The van der Waals surface area contributed by atoms with E-state index < -0.39 is 0 Å². The maximum atomic E-state index is 11.7. The molecule has 0 atom stereocenters. The van der Waals surface area contributed by atoms with Gasteiger partial charge >= 0.3 is 0 Å². The van der Waals surface area contributed by atoms with Crippen LogP contribution in [0.1, 0.15) is 38.5 Å². The zero-order valence-corrected chi connectivity index (χ0v) is 13.4. The van der Waals surface area contributed by atoms with Crippen molar-refractivity contribution in [2.24, 2.45) is 0 Å². The summed E-state index contributed by atoms with van der Waals surface area (Å²) in [5.74, 6) is 0.694. The van der Waals surface area contributed by atoms with Crippen molar-refractivity contribution in [2.45, 2.75) is 38.5 Å². The summed E-state index contributed by atoms with van der Waals surface area (Å²) in [7, 11) is 0. The molecule has 1 saturated heterocycles. The largest absolute Gasteiger partial charge is 0.484 e. The van der Waals surface area contributed by atoms with Gasteiger partial charge in [-0.15, -0.1) is 0 Å². The Balaban J connectivity index is 1.43. The van der Waals surface area contributed by atoms with E-state index in [0.29, 0.717) is 0 Å². The summed E-state index contributed by atoms with van der Waals surface area (Å²) in [5.41, 5.74) is 0. The maximum absolute atomic E-state index is 11.7. The number of carbonyl (C=O) groups is 1. The Bertz CT molecular complexity index is 416. The second-order valence-electron chi connectivity index (χ2n) is 5.91. The molecule has 0 aromatic heterocycles. The quantitative estimate of drug-likeness (QED) is 0.713. The van der Waals surface area contributed by atoms with Gasteiger partial charge in [-0.2, -0.15) is 0 Å². The van der Waals surface area contributed by atoms with Crippen LogP contribution in [0.25, 0.3) is 0 Å². The molecular weight excluding hydrogens is 276 g/mol. The number of carbonyl (C=O) groups excluding carboxylic acids is 1. The van der Waals surface area contributed by atoms with E-state index in [1.165, 1.54) is 51.7 Å². The van der Waals surface area contributed by atoms with Crippen LogP contribution in [0.15, 0.2) is 30.3 Å². The fourth-order valence-electron chi connectivity index (χ4n) is 2.76. The van der Waals surface area contributed by atoms with Gasteiger partial charge in [0.1, 0.15) is 5.75 Å². The Morgan fingerprint density at radius 2 is 1.82 bits per heavy atom. The van der Waals surface area contributed by atoms with Crippen LogP contribution < -0.4 is 10.1 Å². The minimum atomic E-state index is -0.0418. The molecule has 1 amide bonds. The zero-order valence-electron chi connectivity index (χ0n) is 13.4. The van der Waals surface area contributed by atoms with Gasteiger partial charge in [-0.25, -0.2) is 0 Å². The van der Waals surface area contributed by atoms with Crippen molar-refractivity contribution < 1.29 is 9.53 Å². The number of unbranched alkanes of at least 4 members (excludes halogenated alkanes) is 2. The van der Waals surface area contributed by atoms with Crippen molar-refractivity contribution in [3.05, 3.63) is 30.3 Å². The van der Waals surface area contributed by atoms with Crippen LogP contribution in [0.5, 0.6) is 5.75 Å². The molecule has 1 aliphatic heterocycles. The van der Waals surface area contributed by atoms with E-state index in [0.717, 1.165) is 18.7 Å². The number of likely N-dealkylation sites (tertiary alicyclic amines) is 1. The molecule has 0 aliphatic carbocycles. The summed E-state index contributed by atoms with van der Waals surface area (Å²) in [6.07, 6.45) is 7.57. The highest BCUT2D eigenvalue weighted by atomic mass is 16.5. The third kappa shape index (κ3) is 6.94. The molecule has 1 heterocycles. The molecular formula is C18H28N2O2. The van der Waals surface area contributed by atoms with Gasteiger partial charge in [0.05, 0.1) is 0 Å². The molecule has 4 nitrogen and oxygen atoms in total. The third-order valence-corrected chi connectivity index (χ3v) is 4.04. The number of nitrogens with zero attached hydrogens (tertiary/aromatic N) is 1. The molecule has 0 radical (unpaired) electrons. The highest BCUT2D eigenvalue weighted by molar-refractivity contribution is 5.77. The number of para-hydroxylation sites is 1. The molecule has 22 heavy (non-hydrogen) atoms. The van der Waals surface area contributed by atoms with Crippen molar-refractivity contribution in [2.75, 3.05) is 32.8 Å². The second kappa shape index (κ2) is 10.2. The van der Waals surface area contributed by atoms with E-state index in [4.69, 9.17) is 4.74 Å². The first-order chi connectivity index (χ1) is 10.8. The number of hydrogen-bond acceptors (Lipinski definition) is 3. The van der Waals surface area contributed by atoms with Crippen LogP contribution in [0.3, 0.4) is 0 Å². The highest BCUT2D eigenvalue weighted by Crippen LogP contribution is 2.10. The summed E-state index contributed by atoms with van der Waals surface area (Å²) in [6.45, 7) is 4.60. The van der Waals surface area contributed by atoms with Crippen molar-refractivity contribution in [1.29, 1.82) is 0 Å². The van der Waals surface area contributed by atoms with Crippen LogP contribution in [0.2, 0.25) is 0 Å². The van der Waals surface area contributed by atoms with Gasteiger partial charge in [-0.1, -0.05) is 31.0 Å². The van der Waals surface area contributed by atoms with E-state index in [1.807, 2.05) is 30.3 Å². The molecule has 0 bridgehead atoms. The first-order valence-electron chi connectivity index (χ1n) is 8.51. The monoisotopic (exact) mass is 304 g/mol. The average Bonchev–Trinajstić information content (AvgIpc) is 2.58. The highest BCUT2D eigenvalue weighted by Gasteiger charge is 2.08. The number of hydrogen-bond donors (Lipinski definition) is 1. The molecule has 1 aromatic carbocycles. The van der Waals surface area contributed by atoms with E-state index in [1.54, 1.807) is 0 Å². The Hall–Kier alpha value is -1.55. The topological polar surface area (TPSA) is 41.6 Å². The Labute approximate surface area is 133 Å². The smallest absolute Gasteiger partial charge is 0.257 e. The van der Waals surface area contributed by atoms with Gasteiger partial charge in [-0.05, 0) is 57.5 Å². The predicted octanol–water partition coefficient (Wildman–Crippen LogP) is 2.84. The van der Waals surface area contributed by atoms with E-state index in [9.17, 15) is 4.79 Å².